The van der Waals surface area contributed by atoms with Crippen LogP contribution in [0.4, 0.5) is 10.8 Å². The quantitative estimate of drug-likeness (QED) is 0.711. The fourth-order valence-electron chi connectivity index (χ4n) is 2.20. The molecule has 2 aromatic heterocycles. The second-order valence-corrected chi connectivity index (χ2v) is 6.01. The minimum atomic E-state index is 0.910. The molecule has 0 amide bonds. The molecule has 5 nitrogen and oxygen atoms in total. The highest BCUT2D eigenvalue weighted by Gasteiger charge is 2.05. The van der Waals surface area contributed by atoms with Crippen molar-refractivity contribution in [2.45, 2.75) is 13.3 Å². The van der Waals surface area contributed by atoms with Gasteiger partial charge < -0.3 is 10.2 Å². The predicted octanol–water partition coefficient (Wildman–Crippen LogP) is 3.04. The summed E-state index contributed by atoms with van der Waals surface area (Å²) >= 11 is 1.59. The lowest BCUT2D eigenvalue weighted by molar-refractivity contribution is 0.813. The number of nitrogens with one attached hydrogen (secondary N) is 1. The van der Waals surface area contributed by atoms with E-state index in [1.165, 1.54) is 5.69 Å². The molecular formula is C15H19N5S. The summed E-state index contributed by atoms with van der Waals surface area (Å²) in [4.78, 5) is 7.61. The molecule has 0 bridgehead atoms. The molecule has 110 valence electrons. The van der Waals surface area contributed by atoms with E-state index in [4.69, 9.17) is 0 Å². The lowest BCUT2D eigenvalue weighted by atomic mass is 10.3. The van der Waals surface area contributed by atoms with Gasteiger partial charge in [0.15, 0.2) is 0 Å². The highest BCUT2D eigenvalue weighted by atomic mass is 32.1. The van der Waals surface area contributed by atoms with Gasteiger partial charge in [0.1, 0.15) is 0 Å². The van der Waals surface area contributed by atoms with Gasteiger partial charge in [-0.1, -0.05) is 29.5 Å². The number of imidazole rings is 1. The Hall–Kier alpha value is -2.08. The Balaban J connectivity index is 1.46. The molecule has 0 unspecified atom stereocenters. The number of anilines is 2. The number of aromatic nitrogens is 3. The summed E-state index contributed by atoms with van der Waals surface area (Å²) in [5, 5.41) is 8.75. The molecule has 3 aromatic rings. The van der Waals surface area contributed by atoms with Gasteiger partial charge in [-0.15, -0.1) is 5.10 Å². The van der Waals surface area contributed by atoms with Crippen LogP contribution in [0.2, 0.25) is 0 Å². The number of para-hydroxylation sites is 1. The molecular weight excluding hydrogens is 282 g/mol. The van der Waals surface area contributed by atoms with Crippen LogP contribution in [0, 0.1) is 6.92 Å². The van der Waals surface area contributed by atoms with Crippen LogP contribution in [0.1, 0.15) is 12.1 Å². The highest BCUT2D eigenvalue weighted by molar-refractivity contribution is 7.20. The third-order valence-electron chi connectivity index (χ3n) is 3.31. The predicted molar refractivity (Wildman–Crippen MR) is 88.4 cm³/mol. The summed E-state index contributed by atoms with van der Waals surface area (Å²) < 4.78 is 1.83. The number of hydrogen-bond donors (Lipinski definition) is 1. The molecule has 21 heavy (non-hydrogen) atoms. The van der Waals surface area contributed by atoms with Gasteiger partial charge in [-0.2, -0.15) is 0 Å². The van der Waals surface area contributed by atoms with Gasteiger partial charge in [0.25, 0.3) is 0 Å². The van der Waals surface area contributed by atoms with Crippen LogP contribution in [0.15, 0.2) is 36.5 Å². The van der Waals surface area contributed by atoms with Crippen LogP contribution in [0.3, 0.4) is 0 Å². The molecule has 1 N–H and O–H groups in total. The van der Waals surface area contributed by atoms with Crippen LogP contribution < -0.4 is 10.2 Å². The maximum absolute atomic E-state index is 4.46. The molecule has 0 aliphatic heterocycles. The normalized spacial score (nSPS) is 11.0. The average Bonchev–Trinajstić information content (AvgIpc) is 3.01. The molecule has 2 heterocycles. The summed E-state index contributed by atoms with van der Waals surface area (Å²) in [6.07, 6.45) is 3.01. The van der Waals surface area contributed by atoms with Crippen molar-refractivity contribution in [1.82, 2.24) is 14.6 Å². The third kappa shape index (κ3) is 3.33. The molecule has 0 atom stereocenters. The van der Waals surface area contributed by atoms with Crippen molar-refractivity contribution in [3.05, 3.63) is 42.2 Å². The number of benzene rings is 1. The van der Waals surface area contributed by atoms with Gasteiger partial charge in [0.05, 0.1) is 11.9 Å². The Morgan fingerprint density at radius 1 is 1.29 bits per heavy atom. The number of aryl methyl sites for hydroxylation is 1. The monoisotopic (exact) mass is 301 g/mol. The Kier molecular flexibility index (Phi) is 4.06. The van der Waals surface area contributed by atoms with Gasteiger partial charge in [0, 0.05) is 25.8 Å². The summed E-state index contributed by atoms with van der Waals surface area (Å²) in [7, 11) is 2.12. The van der Waals surface area contributed by atoms with Crippen molar-refractivity contribution in [3.8, 4) is 0 Å². The fraction of sp³-hybridized carbons (Fsp3) is 0.333. The fourth-order valence-corrected chi connectivity index (χ4v) is 3.06. The first kappa shape index (κ1) is 13.9. The van der Waals surface area contributed by atoms with E-state index in [1.807, 2.05) is 23.7 Å². The Labute approximate surface area is 128 Å². The molecule has 0 saturated heterocycles. The molecule has 6 heteroatoms. The minimum Gasteiger partial charge on any atom is -0.375 e. The summed E-state index contributed by atoms with van der Waals surface area (Å²) in [5.74, 6) is 0. The Morgan fingerprint density at radius 2 is 2.10 bits per heavy atom. The SMILES string of the molecule is Cc1cn2nc(NCCCN(C)c3ccccc3)sc2n1. The van der Waals surface area contributed by atoms with Crippen molar-refractivity contribution in [1.29, 1.82) is 0 Å². The Morgan fingerprint density at radius 3 is 2.86 bits per heavy atom. The lowest BCUT2D eigenvalue weighted by Crippen LogP contribution is -2.20. The summed E-state index contributed by atoms with van der Waals surface area (Å²) in [5.41, 5.74) is 2.26. The van der Waals surface area contributed by atoms with Crippen LogP contribution in [0.5, 0.6) is 0 Å². The van der Waals surface area contributed by atoms with Crippen LogP contribution in [-0.2, 0) is 0 Å². The van der Waals surface area contributed by atoms with Crippen molar-refractivity contribution in [3.63, 3.8) is 0 Å². The first-order valence-electron chi connectivity index (χ1n) is 7.05. The van der Waals surface area contributed by atoms with E-state index >= 15 is 0 Å². The summed E-state index contributed by atoms with van der Waals surface area (Å²) in [6.45, 7) is 3.90. The second-order valence-electron chi connectivity index (χ2n) is 5.05. The van der Waals surface area contributed by atoms with Crippen molar-refractivity contribution < 1.29 is 0 Å². The van der Waals surface area contributed by atoms with Crippen molar-refractivity contribution >= 4 is 27.1 Å². The van der Waals surface area contributed by atoms with Gasteiger partial charge in [0.2, 0.25) is 10.1 Å². The molecule has 1 aromatic carbocycles. The van der Waals surface area contributed by atoms with E-state index in [0.717, 1.165) is 35.3 Å². The Bertz CT molecular complexity index is 672. The molecule has 0 aliphatic rings. The van der Waals surface area contributed by atoms with Crippen LogP contribution in [-0.4, -0.2) is 34.7 Å². The molecule has 0 radical (unpaired) electrons. The zero-order chi connectivity index (χ0) is 14.7. The number of hydrogen-bond acceptors (Lipinski definition) is 5. The topological polar surface area (TPSA) is 45.5 Å². The minimum absolute atomic E-state index is 0.910. The average molecular weight is 301 g/mol. The van der Waals surface area contributed by atoms with Gasteiger partial charge >= 0.3 is 0 Å². The number of rotatable bonds is 6. The summed E-state index contributed by atoms with van der Waals surface area (Å²) in [6, 6.07) is 10.4. The maximum atomic E-state index is 4.46. The zero-order valence-electron chi connectivity index (χ0n) is 12.3. The molecule has 0 aliphatic carbocycles. The largest absolute Gasteiger partial charge is 0.375 e. The highest BCUT2D eigenvalue weighted by Crippen LogP contribution is 2.18. The van der Waals surface area contributed by atoms with E-state index in [2.05, 4.69) is 51.6 Å². The maximum Gasteiger partial charge on any atom is 0.214 e. The van der Waals surface area contributed by atoms with Gasteiger partial charge in [-0.05, 0) is 25.5 Å². The van der Waals surface area contributed by atoms with E-state index in [0.29, 0.717) is 0 Å². The molecule has 0 spiro atoms. The lowest BCUT2D eigenvalue weighted by Gasteiger charge is -2.18. The number of nitrogens with zero attached hydrogens (tertiary/aromatic N) is 4. The standard InChI is InChI=1S/C15H19N5S/c1-12-11-20-15(17-12)21-14(18-20)16-9-6-10-19(2)13-7-4-3-5-8-13/h3-5,7-8,11H,6,9-10H2,1-2H3,(H,16,18). The first-order chi connectivity index (χ1) is 10.2. The van der Waals surface area contributed by atoms with E-state index in [-0.39, 0.29) is 0 Å². The van der Waals surface area contributed by atoms with E-state index in [1.54, 1.807) is 11.3 Å². The van der Waals surface area contributed by atoms with Gasteiger partial charge in [-0.25, -0.2) is 9.50 Å². The zero-order valence-corrected chi connectivity index (χ0v) is 13.1. The van der Waals surface area contributed by atoms with Gasteiger partial charge in [-0.3, -0.25) is 0 Å². The van der Waals surface area contributed by atoms with E-state index < -0.39 is 0 Å². The second kappa shape index (κ2) is 6.13. The molecule has 0 saturated carbocycles. The first-order valence-corrected chi connectivity index (χ1v) is 7.87. The molecule has 0 fully saturated rings. The van der Waals surface area contributed by atoms with Crippen LogP contribution >= 0.6 is 11.3 Å². The van der Waals surface area contributed by atoms with Crippen molar-refractivity contribution in [2.24, 2.45) is 0 Å². The van der Waals surface area contributed by atoms with Crippen molar-refractivity contribution in [2.75, 3.05) is 30.4 Å². The van der Waals surface area contributed by atoms with Crippen LogP contribution in [0.25, 0.3) is 4.96 Å². The number of fused-ring (bicyclic) bond motifs is 1. The smallest absolute Gasteiger partial charge is 0.214 e. The third-order valence-corrected chi connectivity index (χ3v) is 4.19. The van der Waals surface area contributed by atoms with E-state index in [9.17, 15) is 0 Å². The molecule has 3 rings (SSSR count).